The average molecular weight is 231 g/mol. The fraction of sp³-hybridized carbons (Fsp3) is 0.625. The molecule has 0 aliphatic carbocycles. The molecule has 0 heterocycles. The van der Waals surface area contributed by atoms with Crippen LogP contribution in [0.3, 0.4) is 0 Å². The zero-order chi connectivity index (χ0) is 13.6. The number of rotatable bonds is 4. The van der Waals surface area contributed by atoms with Crippen LogP contribution in [0.5, 0.6) is 0 Å². The Bertz CT molecular complexity index is 350. The van der Waals surface area contributed by atoms with Crippen LogP contribution in [0.25, 0.3) is 0 Å². The predicted molar refractivity (Wildman–Crippen MR) is 75.8 cm³/mol. The van der Waals surface area contributed by atoms with Gasteiger partial charge in [-0.1, -0.05) is 46.1 Å². The van der Waals surface area contributed by atoms with Gasteiger partial charge in [0.1, 0.15) is 0 Å². The Kier molecular flexibility index (Phi) is 6.52. The molecule has 0 aliphatic rings. The zero-order valence-electron chi connectivity index (χ0n) is 11.7. The molecule has 1 nitrogen and oxygen atoms in total. The first-order valence-corrected chi connectivity index (χ1v) is 6.22. The summed E-state index contributed by atoms with van der Waals surface area (Å²) in [6, 6.07) is 0. The molecular weight excluding hydrogens is 206 g/mol. The van der Waals surface area contributed by atoms with E-state index in [4.69, 9.17) is 12.2 Å². The summed E-state index contributed by atoms with van der Waals surface area (Å²) in [5.74, 6) is 10.8. The third-order valence-corrected chi connectivity index (χ3v) is 3.75. The van der Waals surface area contributed by atoms with Crippen LogP contribution in [0.2, 0.25) is 0 Å². The van der Waals surface area contributed by atoms with Gasteiger partial charge in [0.15, 0.2) is 0 Å². The van der Waals surface area contributed by atoms with Crippen molar-refractivity contribution in [2.75, 3.05) is 0 Å². The summed E-state index contributed by atoms with van der Waals surface area (Å²) in [5, 5.41) is 0. The summed E-state index contributed by atoms with van der Waals surface area (Å²) in [5.41, 5.74) is 6.23. The summed E-state index contributed by atoms with van der Waals surface area (Å²) < 4.78 is 0. The highest BCUT2D eigenvalue weighted by molar-refractivity contribution is 5.15. The van der Waals surface area contributed by atoms with Crippen molar-refractivity contribution in [3.8, 4) is 24.2 Å². The van der Waals surface area contributed by atoms with Crippen LogP contribution in [0, 0.1) is 53.8 Å². The van der Waals surface area contributed by atoms with Gasteiger partial charge in [0.2, 0.25) is 0 Å². The number of nitrogens with two attached hydrogens (primary N) is 1. The first kappa shape index (κ1) is 15.7. The van der Waals surface area contributed by atoms with Gasteiger partial charge in [0.25, 0.3) is 0 Å². The molecule has 5 atom stereocenters. The van der Waals surface area contributed by atoms with Gasteiger partial charge in [0, 0.05) is 17.5 Å². The van der Waals surface area contributed by atoms with E-state index in [9.17, 15) is 0 Å². The normalized spacial score (nSPS) is 18.8. The van der Waals surface area contributed by atoms with E-state index in [0.717, 1.165) is 0 Å². The van der Waals surface area contributed by atoms with Crippen LogP contribution in [-0.4, -0.2) is 0 Å². The Morgan fingerprint density at radius 2 is 1.47 bits per heavy atom. The van der Waals surface area contributed by atoms with Crippen molar-refractivity contribution in [1.29, 1.82) is 0 Å². The Morgan fingerprint density at radius 3 is 1.88 bits per heavy atom. The molecule has 1 heteroatoms. The van der Waals surface area contributed by atoms with E-state index in [1.54, 1.807) is 0 Å². The Balaban J connectivity index is 4.57. The number of allylic oxidation sites excluding steroid dienone is 1. The smallest absolute Gasteiger partial charge is 0.0563 e. The third-order valence-electron chi connectivity index (χ3n) is 3.75. The van der Waals surface area contributed by atoms with Crippen molar-refractivity contribution in [1.82, 2.24) is 0 Å². The van der Waals surface area contributed by atoms with E-state index in [-0.39, 0.29) is 11.8 Å². The molecule has 0 rings (SSSR count). The number of terminal acetylenes is 1. The van der Waals surface area contributed by atoms with Gasteiger partial charge in [-0.15, -0.1) is 12.3 Å². The van der Waals surface area contributed by atoms with Gasteiger partial charge in [-0.25, -0.2) is 0 Å². The molecule has 5 unspecified atom stereocenters. The Morgan fingerprint density at radius 1 is 1.00 bits per heavy atom. The van der Waals surface area contributed by atoms with Crippen LogP contribution >= 0.6 is 0 Å². The first-order chi connectivity index (χ1) is 7.81. The third kappa shape index (κ3) is 5.01. The molecule has 0 saturated heterocycles. The maximum atomic E-state index is 5.60. The van der Waals surface area contributed by atoms with Crippen LogP contribution in [0.4, 0.5) is 0 Å². The molecule has 0 aromatic rings. The van der Waals surface area contributed by atoms with E-state index in [2.05, 4.69) is 52.0 Å². The lowest BCUT2D eigenvalue weighted by Gasteiger charge is -2.25. The molecule has 0 radical (unpaired) electrons. The molecule has 17 heavy (non-hydrogen) atoms. The van der Waals surface area contributed by atoms with Gasteiger partial charge in [-0.3, -0.25) is 0 Å². The number of hydrogen-bond donors (Lipinski definition) is 1. The van der Waals surface area contributed by atoms with Gasteiger partial charge < -0.3 is 5.73 Å². The molecule has 0 saturated carbocycles. The highest BCUT2D eigenvalue weighted by Crippen LogP contribution is 2.26. The van der Waals surface area contributed by atoms with Crippen molar-refractivity contribution in [3.63, 3.8) is 0 Å². The topological polar surface area (TPSA) is 26.0 Å². The van der Waals surface area contributed by atoms with E-state index in [0.29, 0.717) is 23.5 Å². The summed E-state index contributed by atoms with van der Waals surface area (Å²) in [6.45, 7) is 14.3. The average Bonchev–Trinajstić information content (AvgIpc) is 2.32. The molecule has 0 spiro atoms. The quantitative estimate of drug-likeness (QED) is 0.738. The maximum absolute atomic E-state index is 5.60. The molecule has 0 aromatic heterocycles. The molecule has 0 aliphatic heterocycles. The van der Waals surface area contributed by atoms with E-state index >= 15 is 0 Å². The Hall–Kier alpha value is -1.34. The fourth-order valence-corrected chi connectivity index (χ4v) is 1.54. The molecule has 0 bridgehead atoms. The minimum atomic E-state index is 0.0602. The van der Waals surface area contributed by atoms with Crippen molar-refractivity contribution < 1.29 is 0 Å². The highest BCUT2D eigenvalue weighted by atomic mass is 14.6. The van der Waals surface area contributed by atoms with Crippen molar-refractivity contribution in [3.05, 3.63) is 12.3 Å². The lowest BCUT2D eigenvalue weighted by atomic mass is 9.79. The van der Waals surface area contributed by atoms with Gasteiger partial charge >= 0.3 is 0 Å². The lowest BCUT2D eigenvalue weighted by molar-refractivity contribution is 0.280. The molecule has 94 valence electrons. The van der Waals surface area contributed by atoms with Crippen molar-refractivity contribution in [2.45, 2.75) is 34.6 Å². The highest BCUT2D eigenvalue weighted by Gasteiger charge is 2.21. The van der Waals surface area contributed by atoms with Gasteiger partial charge in [-0.05, 0) is 18.8 Å². The second-order valence-corrected chi connectivity index (χ2v) is 5.05. The van der Waals surface area contributed by atoms with Crippen molar-refractivity contribution >= 4 is 0 Å². The van der Waals surface area contributed by atoms with E-state index in [1.165, 1.54) is 0 Å². The molecule has 0 amide bonds. The maximum Gasteiger partial charge on any atom is 0.0563 e. The number of hydrogen-bond acceptors (Lipinski definition) is 1. The summed E-state index contributed by atoms with van der Waals surface area (Å²) in [7, 11) is 0. The van der Waals surface area contributed by atoms with Crippen LogP contribution in [-0.2, 0) is 0 Å². The second-order valence-electron chi connectivity index (χ2n) is 5.05. The first-order valence-electron chi connectivity index (χ1n) is 6.22. The SMILES string of the molecule is C#CC(C)C(C)C(C)C(C)C#CC(C)C(=C)N. The molecular formula is C16H25N. The summed E-state index contributed by atoms with van der Waals surface area (Å²) >= 11 is 0. The minimum absolute atomic E-state index is 0.0602. The largest absolute Gasteiger partial charge is 0.402 e. The van der Waals surface area contributed by atoms with Crippen LogP contribution in [0.1, 0.15) is 34.6 Å². The van der Waals surface area contributed by atoms with Crippen molar-refractivity contribution in [2.24, 2.45) is 35.3 Å². The zero-order valence-corrected chi connectivity index (χ0v) is 11.7. The Labute approximate surface area is 107 Å². The van der Waals surface area contributed by atoms with Crippen LogP contribution in [0.15, 0.2) is 12.3 Å². The second kappa shape index (κ2) is 7.08. The summed E-state index contributed by atoms with van der Waals surface area (Å²) in [4.78, 5) is 0. The molecule has 2 N–H and O–H groups in total. The predicted octanol–water partition coefficient (Wildman–Crippen LogP) is 3.28. The molecule has 0 aromatic carbocycles. The van der Waals surface area contributed by atoms with E-state index < -0.39 is 0 Å². The van der Waals surface area contributed by atoms with Crippen LogP contribution < -0.4 is 5.73 Å². The van der Waals surface area contributed by atoms with E-state index in [1.807, 2.05) is 6.92 Å². The van der Waals surface area contributed by atoms with Gasteiger partial charge in [-0.2, -0.15) is 0 Å². The monoisotopic (exact) mass is 231 g/mol. The standard InChI is InChI=1S/C16H25N/c1-8-11(2)14(5)15(6)12(3)9-10-13(4)16(7)17/h1,11-15H,7,17H2,2-6H3. The minimum Gasteiger partial charge on any atom is -0.402 e. The fourth-order valence-electron chi connectivity index (χ4n) is 1.54. The summed E-state index contributed by atoms with van der Waals surface area (Å²) in [6.07, 6.45) is 5.46. The van der Waals surface area contributed by atoms with Gasteiger partial charge in [0.05, 0.1) is 5.92 Å². The molecule has 0 fully saturated rings. The lowest BCUT2D eigenvalue weighted by Crippen LogP contribution is -2.21.